The number of benzene rings is 1. The van der Waals surface area contributed by atoms with E-state index in [9.17, 15) is 8.78 Å². The zero-order valence-electron chi connectivity index (χ0n) is 13.9. The number of hydrogen-bond acceptors (Lipinski definition) is 4. The summed E-state index contributed by atoms with van der Waals surface area (Å²) in [5.74, 6) is 1.66. The fourth-order valence-corrected chi connectivity index (χ4v) is 4.02. The first kappa shape index (κ1) is 17.1. The Morgan fingerprint density at radius 3 is 2.67 bits per heavy atom. The van der Waals surface area contributed by atoms with Crippen molar-refractivity contribution in [3.63, 3.8) is 0 Å². The third-order valence-electron chi connectivity index (χ3n) is 4.18. The molecular weight excluding hydrogens is 328 g/mol. The van der Waals surface area contributed by atoms with E-state index in [0.29, 0.717) is 28.3 Å². The van der Waals surface area contributed by atoms with Crippen molar-refractivity contribution in [3.8, 4) is 0 Å². The van der Waals surface area contributed by atoms with Crippen molar-refractivity contribution in [3.05, 3.63) is 47.7 Å². The minimum absolute atomic E-state index is 0.305. The third kappa shape index (κ3) is 4.23. The maximum Gasteiger partial charge on any atom is 0.189 e. The summed E-state index contributed by atoms with van der Waals surface area (Å²) in [6.07, 6.45) is 2.97. The van der Waals surface area contributed by atoms with Crippen LogP contribution in [0.4, 0.5) is 14.6 Å². The van der Waals surface area contributed by atoms with E-state index in [2.05, 4.69) is 28.7 Å². The minimum Gasteiger partial charge on any atom is -0.356 e. The van der Waals surface area contributed by atoms with E-state index >= 15 is 0 Å². The van der Waals surface area contributed by atoms with Gasteiger partial charge < -0.3 is 4.90 Å². The predicted molar refractivity (Wildman–Crippen MR) is 93.1 cm³/mol. The number of halogens is 2. The number of nitrogens with zero attached hydrogens (tertiary/aromatic N) is 3. The minimum atomic E-state index is -0.432. The lowest BCUT2D eigenvalue weighted by molar-refractivity contribution is 0.355. The van der Waals surface area contributed by atoms with Gasteiger partial charge in [-0.3, -0.25) is 0 Å². The Balaban J connectivity index is 1.70. The van der Waals surface area contributed by atoms with E-state index in [0.717, 1.165) is 31.0 Å². The maximum atomic E-state index is 13.7. The van der Waals surface area contributed by atoms with Gasteiger partial charge in [0, 0.05) is 30.6 Å². The number of hydrogen-bond donors (Lipinski definition) is 0. The van der Waals surface area contributed by atoms with Gasteiger partial charge in [0.05, 0.1) is 0 Å². The van der Waals surface area contributed by atoms with Crippen LogP contribution in [0.15, 0.2) is 35.6 Å². The van der Waals surface area contributed by atoms with Gasteiger partial charge in [0.25, 0.3) is 0 Å². The van der Waals surface area contributed by atoms with E-state index in [1.807, 2.05) is 6.07 Å². The Morgan fingerprint density at radius 2 is 1.92 bits per heavy atom. The SMILES string of the molecule is CC1CC(C)CN(c2ccnc(SCc3cc(F)ccc3F)n2)C1. The molecule has 24 heavy (non-hydrogen) atoms. The van der Waals surface area contributed by atoms with Crippen molar-refractivity contribution < 1.29 is 8.78 Å². The monoisotopic (exact) mass is 349 g/mol. The summed E-state index contributed by atoms with van der Waals surface area (Å²) in [5.41, 5.74) is 0.328. The lowest BCUT2D eigenvalue weighted by Crippen LogP contribution is -2.39. The number of rotatable bonds is 4. The quantitative estimate of drug-likeness (QED) is 0.599. The highest BCUT2D eigenvalue weighted by molar-refractivity contribution is 7.98. The lowest BCUT2D eigenvalue weighted by atomic mass is 9.92. The molecule has 128 valence electrons. The Hall–Kier alpha value is -1.69. The topological polar surface area (TPSA) is 29.0 Å². The average Bonchev–Trinajstić information content (AvgIpc) is 2.55. The van der Waals surface area contributed by atoms with Crippen LogP contribution in [-0.2, 0) is 5.75 Å². The summed E-state index contributed by atoms with van der Waals surface area (Å²) in [5, 5.41) is 0.585. The van der Waals surface area contributed by atoms with Gasteiger partial charge >= 0.3 is 0 Å². The molecule has 0 saturated carbocycles. The van der Waals surface area contributed by atoms with Crippen molar-refractivity contribution in [1.82, 2.24) is 9.97 Å². The molecule has 0 amide bonds. The van der Waals surface area contributed by atoms with Crippen LogP contribution in [0, 0.1) is 23.5 Å². The molecule has 1 saturated heterocycles. The molecule has 2 unspecified atom stereocenters. The molecule has 1 aromatic carbocycles. The molecule has 1 aliphatic heterocycles. The molecular formula is C18H21F2N3S. The Kier molecular flexibility index (Phi) is 5.33. The van der Waals surface area contributed by atoms with Crippen LogP contribution < -0.4 is 4.90 Å². The maximum absolute atomic E-state index is 13.7. The van der Waals surface area contributed by atoms with E-state index < -0.39 is 11.6 Å². The molecule has 0 bridgehead atoms. The summed E-state index contributed by atoms with van der Waals surface area (Å²) in [6.45, 7) is 6.49. The van der Waals surface area contributed by atoms with Crippen molar-refractivity contribution in [2.24, 2.45) is 11.8 Å². The van der Waals surface area contributed by atoms with Crippen LogP contribution in [-0.4, -0.2) is 23.1 Å². The van der Waals surface area contributed by atoms with E-state index in [-0.39, 0.29) is 0 Å². The lowest BCUT2D eigenvalue weighted by Gasteiger charge is -2.35. The molecule has 3 nitrogen and oxygen atoms in total. The second-order valence-electron chi connectivity index (χ2n) is 6.57. The van der Waals surface area contributed by atoms with Crippen molar-refractivity contribution >= 4 is 17.6 Å². The first-order valence-corrected chi connectivity index (χ1v) is 9.14. The van der Waals surface area contributed by atoms with Crippen LogP contribution in [0.1, 0.15) is 25.8 Å². The molecule has 0 N–H and O–H groups in total. The molecule has 1 aliphatic rings. The molecule has 0 spiro atoms. The largest absolute Gasteiger partial charge is 0.356 e. The predicted octanol–water partition coefficient (Wildman–Crippen LogP) is 4.53. The van der Waals surface area contributed by atoms with Crippen LogP contribution in [0.25, 0.3) is 0 Å². The summed E-state index contributed by atoms with van der Waals surface area (Å²) >= 11 is 1.32. The molecule has 0 aliphatic carbocycles. The molecule has 2 heterocycles. The van der Waals surface area contributed by atoms with Crippen molar-refractivity contribution in [2.45, 2.75) is 31.2 Å². The van der Waals surface area contributed by atoms with Crippen LogP contribution >= 0.6 is 11.8 Å². The Labute approximate surface area is 145 Å². The summed E-state index contributed by atoms with van der Waals surface area (Å²) in [6, 6.07) is 5.41. The molecule has 6 heteroatoms. The fraction of sp³-hybridized carbons (Fsp3) is 0.444. The van der Waals surface area contributed by atoms with Gasteiger partial charge in [0.2, 0.25) is 0 Å². The zero-order valence-corrected chi connectivity index (χ0v) is 14.7. The second-order valence-corrected chi connectivity index (χ2v) is 7.52. The molecule has 2 atom stereocenters. The Bertz CT molecular complexity index is 700. The first-order valence-electron chi connectivity index (χ1n) is 8.16. The smallest absolute Gasteiger partial charge is 0.189 e. The van der Waals surface area contributed by atoms with Gasteiger partial charge in [-0.15, -0.1) is 0 Å². The molecule has 1 fully saturated rings. The highest BCUT2D eigenvalue weighted by atomic mass is 32.2. The van der Waals surface area contributed by atoms with Crippen LogP contribution in [0.2, 0.25) is 0 Å². The molecule has 3 rings (SSSR count). The second kappa shape index (κ2) is 7.47. The highest BCUT2D eigenvalue weighted by Crippen LogP contribution is 2.27. The number of thioether (sulfide) groups is 1. The molecule has 2 aromatic rings. The van der Waals surface area contributed by atoms with Gasteiger partial charge in [-0.2, -0.15) is 0 Å². The number of piperidine rings is 1. The Morgan fingerprint density at radius 1 is 1.17 bits per heavy atom. The average molecular weight is 349 g/mol. The summed E-state index contributed by atoms with van der Waals surface area (Å²) in [4.78, 5) is 11.1. The number of anilines is 1. The van der Waals surface area contributed by atoms with E-state index in [1.165, 1.54) is 24.2 Å². The third-order valence-corrected chi connectivity index (χ3v) is 5.09. The number of aromatic nitrogens is 2. The molecule has 0 radical (unpaired) electrons. The van der Waals surface area contributed by atoms with Gasteiger partial charge in [-0.1, -0.05) is 25.6 Å². The van der Waals surface area contributed by atoms with Crippen molar-refractivity contribution in [1.29, 1.82) is 0 Å². The van der Waals surface area contributed by atoms with E-state index in [4.69, 9.17) is 0 Å². The molecule has 1 aromatic heterocycles. The first-order chi connectivity index (χ1) is 11.5. The standard InChI is InChI=1S/C18H21F2N3S/c1-12-7-13(2)10-23(9-12)17-5-6-21-18(22-17)24-11-14-8-15(19)3-4-16(14)20/h3-6,8,12-13H,7,9-11H2,1-2H3. The van der Waals surface area contributed by atoms with Gasteiger partial charge in [-0.25, -0.2) is 18.7 Å². The normalized spacial score (nSPS) is 21.1. The van der Waals surface area contributed by atoms with Crippen LogP contribution in [0.5, 0.6) is 0 Å². The van der Waals surface area contributed by atoms with Gasteiger partial charge in [0.15, 0.2) is 5.16 Å². The van der Waals surface area contributed by atoms with Crippen LogP contribution in [0.3, 0.4) is 0 Å². The van der Waals surface area contributed by atoms with Crippen molar-refractivity contribution in [2.75, 3.05) is 18.0 Å². The summed E-state index contributed by atoms with van der Waals surface area (Å²) in [7, 11) is 0. The van der Waals surface area contributed by atoms with Gasteiger partial charge in [0.1, 0.15) is 17.5 Å². The summed E-state index contributed by atoms with van der Waals surface area (Å²) < 4.78 is 26.9. The highest BCUT2D eigenvalue weighted by Gasteiger charge is 2.23. The van der Waals surface area contributed by atoms with E-state index in [1.54, 1.807) is 6.20 Å². The zero-order chi connectivity index (χ0) is 17.1. The van der Waals surface area contributed by atoms with Gasteiger partial charge in [-0.05, 0) is 42.5 Å². The fourth-order valence-electron chi connectivity index (χ4n) is 3.22.